The van der Waals surface area contributed by atoms with Crippen LogP contribution in [0.25, 0.3) is 0 Å². The Labute approximate surface area is 209 Å². The van der Waals surface area contributed by atoms with Crippen LogP contribution in [-0.4, -0.2) is 50.5 Å². The van der Waals surface area contributed by atoms with E-state index in [1.165, 1.54) is 17.0 Å². The Morgan fingerprint density at radius 3 is 2.27 bits per heavy atom. The lowest BCUT2D eigenvalue weighted by Gasteiger charge is -2.31. The first-order chi connectivity index (χ1) is 15.4. The molecule has 0 aromatic heterocycles. The lowest BCUT2D eigenvalue weighted by molar-refractivity contribution is -0.139. The van der Waals surface area contributed by atoms with Crippen LogP contribution in [0, 0.1) is 5.92 Å². The number of sulfonamides is 1. The van der Waals surface area contributed by atoms with E-state index in [0.717, 1.165) is 20.6 Å². The first-order valence-electron chi connectivity index (χ1n) is 10.4. The molecule has 0 saturated heterocycles. The van der Waals surface area contributed by atoms with Gasteiger partial charge in [-0.05, 0) is 54.8 Å². The zero-order valence-electron chi connectivity index (χ0n) is 19.1. The predicted molar refractivity (Wildman–Crippen MR) is 136 cm³/mol. The Morgan fingerprint density at radius 2 is 1.73 bits per heavy atom. The van der Waals surface area contributed by atoms with Gasteiger partial charge in [-0.15, -0.1) is 0 Å². The lowest BCUT2D eigenvalue weighted by atomic mass is 10.1. The average Bonchev–Trinajstić information content (AvgIpc) is 2.73. The molecule has 180 valence electrons. The minimum absolute atomic E-state index is 0.146. The van der Waals surface area contributed by atoms with Crippen LogP contribution in [0.15, 0.2) is 53.0 Å². The molecule has 0 aliphatic rings. The molecule has 1 N–H and O–H groups in total. The number of nitrogens with one attached hydrogen (secondary N) is 1. The van der Waals surface area contributed by atoms with Crippen molar-refractivity contribution in [2.45, 2.75) is 33.4 Å². The molecule has 0 unspecified atom stereocenters. The quantitative estimate of drug-likeness (QED) is 0.477. The first-order valence-corrected chi connectivity index (χ1v) is 13.4. The third-order valence-corrected chi connectivity index (χ3v) is 6.77. The first kappa shape index (κ1) is 27.1. The van der Waals surface area contributed by atoms with Crippen LogP contribution in [0.1, 0.15) is 26.3 Å². The van der Waals surface area contributed by atoms with Crippen molar-refractivity contribution in [1.82, 2.24) is 10.2 Å². The maximum absolute atomic E-state index is 13.4. The van der Waals surface area contributed by atoms with E-state index >= 15 is 0 Å². The van der Waals surface area contributed by atoms with Crippen molar-refractivity contribution in [3.8, 4) is 0 Å². The standard InChI is InChI=1S/C23H29BrClN3O4S/c1-16(2)13-26-23(30)17(3)27(14-18-6-5-7-19(24)12-18)22(29)15-28(33(4,31)32)21-10-8-20(25)9-11-21/h5-12,16-17H,13-15H2,1-4H3,(H,26,30)/t17-/m0/s1. The van der Waals surface area contributed by atoms with Gasteiger partial charge in [-0.25, -0.2) is 8.42 Å². The second kappa shape index (κ2) is 11.9. The van der Waals surface area contributed by atoms with Gasteiger partial charge < -0.3 is 10.2 Å². The highest BCUT2D eigenvalue weighted by atomic mass is 79.9. The molecule has 0 radical (unpaired) electrons. The van der Waals surface area contributed by atoms with Crippen LogP contribution in [0.2, 0.25) is 5.02 Å². The zero-order valence-corrected chi connectivity index (χ0v) is 22.2. The van der Waals surface area contributed by atoms with E-state index in [2.05, 4.69) is 21.2 Å². The smallest absolute Gasteiger partial charge is 0.244 e. The van der Waals surface area contributed by atoms with Crippen LogP contribution in [0.4, 0.5) is 5.69 Å². The Hall–Kier alpha value is -2.10. The van der Waals surface area contributed by atoms with Crippen molar-refractivity contribution in [2.75, 3.05) is 23.7 Å². The van der Waals surface area contributed by atoms with E-state index < -0.39 is 28.5 Å². The number of carbonyl (C=O) groups excluding carboxylic acids is 2. The van der Waals surface area contributed by atoms with Gasteiger partial charge in [0.15, 0.2) is 0 Å². The predicted octanol–water partition coefficient (Wildman–Crippen LogP) is 4.06. The number of nitrogens with zero attached hydrogens (tertiary/aromatic N) is 2. The molecule has 0 heterocycles. The van der Waals surface area contributed by atoms with Gasteiger partial charge in [-0.1, -0.05) is 53.5 Å². The highest BCUT2D eigenvalue weighted by molar-refractivity contribution is 9.10. The van der Waals surface area contributed by atoms with Crippen molar-refractivity contribution >= 4 is 55.1 Å². The summed E-state index contributed by atoms with van der Waals surface area (Å²) in [5, 5.41) is 3.30. The fraction of sp³-hybridized carbons (Fsp3) is 0.391. The van der Waals surface area contributed by atoms with Crippen molar-refractivity contribution < 1.29 is 18.0 Å². The Morgan fingerprint density at radius 1 is 1.09 bits per heavy atom. The topological polar surface area (TPSA) is 86.8 Å². The van der Waals surface area contributed by atoms with Crippen molar-refractivity contribution in [3.63, 3.8) is 0 Å². The third kappa shape index (κ3) is 8.32. The summed E-state index contributed by atoms with van der Waals surface area (Å²) in [5.41, 5.74) is 1.12. The zero-order chi connectivity index (χ0) is 24.8. The summed E-state index contributed by atoms with van der Waals surface area (Å²) in [7, 11) is -3.77. The number of benzene rings is 2. The maximum atomic E-state index is 13.4. The van der Waals surface area contributed by atoms with Gasteiger partial charge in [0.1, 0.15) is 12.6 Å². The van der Waals surface area contributed by atoms with Gasteiger partial charge in [-0.2, -0.15) is 0 Å². The maximum Gasteiger partial charge on any atom is 0.244 e. The molecule has 1 atom stereocenters. The Bertz CT molecular complexity index is 1080. The van der Waals surface area contributed by atoms with Gasteiger partial charge in [0, 0.05) is 22.6 Å². The van der Waals surface area contributed by atoms with Crippen molar-refractivity contribution in [2.24, 2.45) is 5.92 Å². The molecule has 33 heavy (non-hydrogen) atoms. The molecular formula is C23H29BrClN3O4S. The SMILES string of the molecule is CC(C)CNC(=O)[C@H](C)N(Cc1cccc(Br)c1)C(=O)CN(c1ccc(Cl)cc1)S(C)(=O)=O. The lowest BCUT2D eigenvalue weighted by Crippen LogP contribution is -2.51. The van der Waals surface area contributed by atoms with Crippen LogP contribution < -0.4 is 9.62 Å². The van der Waals surface area contributed by atoms with Gasteiger partial charge in [0.05, 0.1) is 11.9 Å². The fourth-order valence-electron chi connectivity index (χ4n) is 3.09. The van der Waals surface area contributed by atoms with E-state index in [0.29, 0.717) is 17.3 Å². The number of hydrogen-bond donors (Lipinski definition) is 1. The van der Waals surface area contributed by atoms with Crippen molar-refractivity contribution in [3.05, 3.63) is 63.6 Å². The van der Waals surface area contributed by atoms with Crippen LogP contribution in [0.3, 0.4) is 0 Å². The molecule has 0 aliphatic carbocycles. The normalized spacial score (nSPS) is 12.3. The number of carbonyl (C=O) groups is 2. The summed E-state index contributed by atoms with van der Waals surface area (Å²) in [4.78, 5) is 27.6. The van der Waals surface area contributed by atoms with E-state index in [1.807, 2.05) is 38.1 Å². The van der Waals surface area contributed by atoms with E-state index in [1.54, 1.807) is 19.1 Å². The molecule has 2 aromatic carbocycles. The van der Waals surface area contributed by atoms with Gasteiger partial charge in [0.2, 0.25) is 21.8 Å². The van der Waals surface area contributed by atoms with E-state index in [9.17, 15) is 18.0 Å². The number of rotatable bonds is 10. The number of amides is 2. The molecule has 2 rings (SSSR count). The highest BCUT2D eigenvalue weighted by Gasteiger charge is 2.30. The monoisotopic (exact) mass is 557 g/mol. The Kier molecular flexibility index (Phi) is 9.75. The third-order valence-electron chi connectivity index (χ3n) is 4.89. The second-order valence-electron chi connectivity index (χ2n) is 8.21. The molecule has 10 heteroatoms. The van der Waals surface area contributed by atoms with E-state index in [4.69, 9.17) is 11.6 Å². The number of anilines is 1. The minimum Gasteiger partial charge on any atom is -0.354 e. The van der Waals surface area contributed by atoms with Crippen LogP contribution in [-0.2, 0) is 26.2 Å². The molecule has 0 bridgehead atoms. The van der Waals surface area contributed by atoms with Gasteiger partial charge >= 0.3 is 0 Å². The molecule has 0 fully saturated rings. The fourth-order valence-corrected chi connectivity index (χ4v) is 4.51. The molecule has 2 aromatic rings. The highest BCUT2D eigenvalue weighted by Crippen LogP contribution is 2.22. The summed E-state index contributed by atoms with van der Waals surface area (Å²) >= 11 is 9.34. The van der Waals surface area contributed by atoms with Gasteiger partial charge in [-0.3, -0.25) is 13.9 Å². The van der Waals surface area contributed by atoms with Crippen molar-refractivity contribution in [1.29, 1.82) is 0 Å². The largest absolute Gasteiger partial charge is 0.354 e. The summed E-state index contributed by atoms with van der Waals surface area (Å²) in [5.74, 6) is -0.548. The molecular weight excluding hydrogens is 530 g/mol. The molecule has 0 spiro atoms. The Balaban J connectivity index is 2.35. The van der Waals surface area contributed by atoms with Crippen LogP contribution in [0.5, 0.6) is 0 Å². The van der Waals surface area contributed by atoms with Gasteiger partial charge in [0.25, 0.3) is 0 Å². The summed E-state index contributed by atoms with van der Waals surface area (Å²) in [6.07, 6.45) is 1.03. The average molecular weight is 559 g/mol. The number of hydrogen-bond acceptors (Lipinski definition) is 4. The minimum atomic E-state index is -3.77. The summed E-state index contributed by atoms with van der Waals surface area (Å²) in [6.45, 7) is 5.76. The molecule has 0 aliphatic heterocycles. The summed E-state index contributed by atoms with van der Waals surface area (Å²) in [6, 6.07) is 12.8. The molecule has 7 nitrogen and oxygen atoms in total. The summed E-state index contributed by atoms with van der Waals surface area (Å²) < 4.78 is 26.8. The van der Waals surface area contributed by atoms with Crippen LogP contribution >= 0.6 is 27.5 Å². The molecule has 0 saturated carbocycles. The second-order valence-corrected chi connectivity index (χ2v) is 11.5. The van der Waals surface area contributed by atoms with E-state index in [-0.39, 0.29) is 18.4 Å². The number of halogens is 2. The molecule has 2 amide bonds.